The van der Waals surface area contributed by atoms with E-state index in [2.05, 4.69) is 5.32 Å². The van der Waals surface area contributed by atoms with Crippen LogP contribution in [0.4, 0.5) is 0 Å². The van der Waals surface area contributed by atoms with E-state index in [9.17, 15) is 4.79 Å². The molecule has 1 N–H and O–H groups in total. The number of hydrogen-bond acceptors (Lipinski definition) is 6. The van der Waals surface area contributed by atoms with Crippen molar-refractivity contribution in [1.82, 2.24) is 5.32 Å². The van der Waals surface area contributed by atoms with E-state index in [1.165, 1.54) is 7.11 Å². The van der Waals surface area contributed by atoms with Crippen molar-refractivity contribution in [2.45, 2.75) is 19.9 Å². The van der Waals surface area contributed by atoms with Crippen LogP contribution in [0.25, 0.3) is 0 Å². The molecular formula is C18H20ClNO5. The molecule has 2 aromatic rings. The zero-order valence-electron chi connectivity index (χ0n) is 14.2. The molecule has 0 radical (unpaired) electrons. The Hall–Kier alpha value is -2.18. The van der Waals surface area contributed by atoms with Crippen molar-refractivity contribution in [2.75, 3.05) is 26.9 Å². The summed E-state index contributed by atoms with van der Waals surface area (Å²) in [4.78, 5) is 11.6. The lowest BCUT2D eigenvalue weighted by Gasteiger charge is -2.20. The van der Waals surface area contributed by atoms with Gasteiger partial charge in [0.1, 0.15) is 30.3 Å². The van der Waals surface area contributed by atoms with Crippen LogP contribution in [0.1, 0.15) is 27.4 Å². The number of carbonyl (C=O) groups excluding carboxylic acids is 1. The molecule has 0 fully saturated rings. The summed E-state index contributed by atoms with van der Waals surface area (Å²) in [6.07, 6.45) is 0.778. The molecule has 0 spiro atoms. The molecule has 7 heteroatoms. The molecule has 2 heterocycles. The second-order valence-corrected chi connectivity index (χ2v) is 6.11. The molecule has 1 aromatic carbocycles. The zero-order valence-corrected chi connectivity index (χ0v) is 14.9. The molecule has 0 amide bonds. The van der Waals surface area contributed by atoms with Gasteiger partial charge in [-0.2, -0.15) is 0 Å². The van der Waals surface area contributed by atoms with Gasteiger partial charge in [0, 0.05) is 0 Å². The fraction of sp³-hybridized carbons (Fsp3) is 0.389. The average molecular weight is 366 g/mol. The van der Waals surface area contributed by atoms with Gasteiger partial charge in [-0.3, -0.25) is 0 Å². The minimum atomic E-state index is -0.390. The second-order valence-electron chi connectivity index (χ2n) is 5.70. The van der Waals surface area contributed by atoms with Crippen LogP contribution in [0.5, 0.6) is 11.5 Å². The van der Waals surface area contributed by atoms with Crippen LogP contribution in [-0.2, 0) is 17.7 Å². The van der Waals surface area contributed by atoms with Crippen LogP contribution in [0.3, 0.4) is 0 Å². The van der Waals surface area contributed by atoms with Crippen molar-refractivity contribution in [1.29, 1.82) is 0 Å². The Bertz CT molecular complexity index is 771. The van der Waals surface area contributed by atoms with Crippen molar-refractivity contribution in [3.05, 3.63) is 45.9 Å². The topological polar surface area (TPSA) is 69.9 Å². The Morgan fingerprint density at radius 1 is 1.28 bits per heavy atom. The van der Waals surface area contributed by atoms with Crippen molar-refractivity contribution in [3.8, 4) is 11.5 Å². The van der Waals surface area contributed by atoms with Gasteiger partial charge < -0.3 is 23.9 Å². The molecule has 0 aliphatic carbocycles. The molecule has 25 heavy (non-hydrogen) atoms. The third-order valence-electron chi connectivity index (χ3n) is 3.92. The average Bonchev–Trinajstić information content (AvgIpc) is 2.99. The maximum absolute atomic E-state index is 11.6. The molecular weight excluding hydrogens is 346 g/mol. The van der Waals surface area contributed by atoms with Gasteiger partial charge in [0.2, 0.25) is 0 Å². The number of rotatable bonds is 6. The summed E-state index contributed by atoms with van der Waals surface area (Å²) >= 11 is 6.24. The lowest BCUT2D eigenvalue weighted by molar-refractivity contribution is 0.0599. The van der Waals surface area contributed by atoms with Gasteiger partial charge in [0.15, 0.2) is 11.5 Å². The van der Waals surface area contributed by atoms with Gasteiger partial charge in [0.25, 0.3) is 0 Å². The number of halogens is 1. The first-order chi connectivity index (χ1) is 12.1. The number of carbonyl (C=O) groups is 1. The molecule has 1 aliphatic rings. The molecule has 0 saturated carbocycles. The van der Waals surface area contributed by atoms with Crippen LogP contribution < -0.4 is 14.8 Å². The van der Waals surface area contributed by atoms with Gasteiger partial charge in [-0.15, -0.1) is 0 Å². The molecule has 1 aliphatic heterocycles. The molecule has 0 bridgehead atoms. The van der Waals surface area contributed by atoms with E-state index < -0.39 is 5.97 Å². The van der Waals surface area contributed by atoms with Gasteiger partial charge in [-0.1, -0.05) is 11.6 Å². The van der Waals surface area contributed by atoms with Crippen molar-refractivity contribution in [3.63, 3.8) is 0 Å². The summed E-state index contributed by atoms with van der Waals surface area (Å²) in [6, 6.07) is 5.55. The number of esters is 1. The standard InChI is InChI=1S/C18H20ClNO5/c1-11-14(18(21)22-2)9-13(25-11)10-20-4-3-12-7-15(19)17-16(8-12)23-5-6-24-17/h7-9,20H,3-6,10H2,1-2H3. The highest BCUT2D eigenvalue weighted by atomic mass is 35.5. The maximum atomic E-state index is 11.6. The first kappa shape index (κ1) is 17.6. The van der Waals surface area contributed by atoms with Crippen LogP contribution in [-0.4, -0.2) is 32.8 Å². The number of methoxy groups -OCH3 is 1. The highest BCUT2D eigenvalue weighted by molar-refractivity contribution is 6.32. The van der Waals surface area contributed by atoms with Crippen molar-refractivity contribution < 1.29 is 23.4 Å². The predicted octanol–water partition coefficient (Wildman–Crippen LogP) is 3.13. The molecule has 0 unspecified atom stereocenters. The Morgan fingerprint density at radius 2 is 2.08 bits per heavy atom. The van der Waals surface area contributed by atoms with Gasteiger partial charge >= 0.3 is 5.97 Å². The largest absolute Gasteiger partial charge is 0.486 e. The highest BCUT2D eigenvalue weighted by Gasteiger charge is 2.17. The number of benzene rings is 1. The van der Waals surface area contributed by atoms with Crippen LogP contribution in [0.2, 0.25) is 5.02 Å². The number of ether oxygens (including phenoxy) is 3. The zero-order chi connectivity index (χ0) is 17.8. The van der Waals surface area contributed by atoms with E-state index in [1.54, 1.807) is 13.0 Å². The van der Waals surface area contributed by atoms with E-state index in [0.29, 0.717) is 53.4 Å². The van der Waals surface area contributed by atoms with Gasteiger partial charge in [0.05, 0.1) is 18.7 Å². The quantitative estimate of drug-likeness (QED) is 0.626. The van der Waals surface area contributed by atoms with E-state index >= 15 is 0 Å². The number of nitrogens with one attached hydrogen (secondary N) is 1. The Kier molecular flexibility index (Phi) is 5.50. The minimum absolute atomic E-state index is 0.390. The Balaban J connectivity index is 1.54. The maximum Gasteiger partial charge on any atom is 0.341 e. The number of fused-ring (bicyclic) bond motifs is 1. The number of hydrogen-bond donors (Lipinski definition) is 1. The smallest absolute Gasteiger partial charge is 0.341 e. The van der Waals surface area contributed by atoms with Gasteiger partial charge in [-0.25, -0.2) is 4.79 Å². The van der Waals surface area contributed by atoms with E-state index in [-0.39, 0.29) is 0 Å². The number of aryl methyl sites for hydroxylation is 1. The third-order valence-corrected chi connectivity index (χ3v) is 4.20. The second kappa shape index (κ2) is 7.80. The highest BCUT2D eigenvalue weighted by Crippen LogP contribution is 2.38. The van der Waals surface area contributed by atoms with Crippen molar-refractivity contribution >= 4 is 17.6 Å². The summed E-state index contributed by atoms with van der Waals surface area (Å²) in [7, 11) is 1.35. The first-order valence-corrected chi connectivity index (χ1v) is 8.42. The summed E-state index contributed by atoms with van der Waals surface area (Å²) in [6.45, 7) is 4.04. The number of furan rings is 1. The summed E-state index contributed by atoms with van der Waals surface area (Å²) < 4.78 is 21.4. The predicted molar refractivity (Wildman–Crippen MR) is 92.6 cm³/mol. The Labute approximate surface area is 151 Å². The lowest BCUT2D eigenvalue weighted by atomic mass is 10.1. The van der Waals surface area contributed by atoms with Crippen LogP contribution >= 0.6 is 11.6 Å². The summed E-state index contributed by atoms with van der Waals surface area (Å²) in [5, 5.41) is 3.85. The van der Waals surface area contributed by atoms with Crippen LogP contribution in [0, 0.1) is 6.92 Å². The summed E-state index contributed by atoms with van der Waals surface area (Å²) in [5.41, 5.74) is 1.52. The van der Waals surface area contributed by atoms with E-state index in [4.69, 9.17) is 30.2 Å². The third kappa shape index (κ3) is 4.08. The fourth-order valence-electron chi connectivity index (χ4n) is 2.70. The van der Waals surface area contributed by atoms with E-state index in [0.717, 1.165) is 18.5 Å². The summed E-state index contributed by atoms with van der Waals surface area (Å²) in [5.74, 6) is 2.17. The van der Waals surface area contributed by atoms with Crippen LogP contribution in [0.15, 0.2) is 22.6 Å². The minimum Gasteiger partial charge on any atom is -0.486 e. The molecule has 6 nitrogen and oxygen atoms in total. The van der Waals surface area contributed by atoms with Gasteiger partial charge in [-0.05, 0) is 43.7 Å². The van der Waals surface area contributed by atoms with E-state index in [1.807, 2.05) is 12.1 Å². The lowest BCUT2D eigenvalue weighted by Crippen LogP contribution is -2.18. The molecule has 0 atom stereocenters. The SMILES string of the molecule is COC(=O)c1cc(CNCCc2cc(Cl)c3c(c2)OCCO3)oc1C. The molecule has 1 aromatic heterocycles. The molecule has 134 valence electrons. The fourth-order valence-corrected chi connectivity index (χ4v) is 2.98. The Morgan fingerprint density at radius 3 is 2.88 bits per heavy atom. The molecule has 3 rings (SSSR count). The monoisotopic (exact) mass is 365 g/mol. The first-order valence-electron chi connectivity index (χ1n) is 8.05. The molecule has 0 saturated heterocycles. The van der Waals surface area contributed by atoms with Crippen molar-refractivity contribution in [2.24, 2.45) is 0 Å². The normalized spacial score (nSPS) is 12.9.